The van der Waals surface area contributed by atoms with Crippen molar-refractivity contribution in [1.82, 2.24) is 15.1 Å². The second kappa shape index (κ2) is 5.41. The number of carbonyl (C=O) groups is 1. The van der Waals surface area contributed by atoms with Crippen LogP contribution in [0.15, 0.2) is 0 Å². The molecule has 3 fully saturated rings. The van der Waals surface area contributed by atoms with Gasteiger partial charge in [-0.3, -0.25) is 9.69 Å². The Morgan fingerprint density at radius 2 is 2.21 bits per heavy atom. The van der Waals surface area contributed by atoms with Gasteiger partial charge in [0.2, 0.25) is 5.91 Å². The third-order valence-corrected chi connectivity index (χ3v) is 5.38. The van der Waals surface area contributed by atoms with Crippen LogP contribution >= 0.6 is 0 Å². The van der Waals surface area contributed by atoms with E-state index in [1.807, 2.05) is 11.9 Å². The van der Waals surface area contributed by atoms with Gasteiger partial charge >= 0.3 is 0 Å². The van der Waals surface area contributed by atoms with E-state index >= 15 is 0 Å². The second-order valence-corrected chi connectivity index (χ2v) is 6.53. The largest absolute Gasteiger partial charge is 0.344 e. The SMILES string of the molecule is CCN1CCCC1CN(C)C(=O)C1CC2CCC1N2. The second-order valence-electron chi connectivity index (χ2n) is 6.53. The average Bonchev–Trinajstić information content (AvgIpc) is 3.13. The Morgan fingerprint density at radius 1 is 1.37 bits per heavy atom. The number of carbonyl (C=O) groups excluding carboxylic acids is 1. The van der Waals surface area contributed by atoms with Crippen LogP contribution < -0.4 is 5.32 Å². The normalized spacial score (nSPS) is 38.0. The molecule has 4 nitrogen and oxygen atoms in total. The maximum Gasteiger partial charge on any atom is 0.227 e. The molecular formula is C15H27N3O. The van der Waals surface area contributed by atoms with Gasteiger partial charge in [-0.15, -0.1) is 0 Å². The zero-order valence-corrected chi connectivity index (χ0v) is 12.3. The molecule has 19 heavy (non-hydrogen) atoms. The number of amides is 1. The molecule has 3 aliphatic rings. The fourth-order valence-corrected chi connectivity index (χ4v) is 4.30. The van der Waals surface area contributed by atoms with Gasteiger partial charge in [-0.2, -0.15) is 0 Å². The van der Waals surface area contributed by atoms with Gasteiger partial charge < -0.3 is 10.2 Å². The van der Waals surface area contributed by atoms with E-state index in [4.69, 9.17) is 0 Å². The summed E-state index contributed by atoms with van der Waals surface area (Å²) in [6, 6.07) is 1.67. The van der Waals surface area contributed by atoms with Crippen LogP contribution in [0.3, 0.4) is 0 Å². The van der Waals surface area contributed by atoms with Crippen molar-refractivity contribution < 1.29 is 4.79 Å². The summed E-state index contributed by atoms with van der Waals surface area (Å²) < 4.78 is 0. The van der Waals surface area contributed by atoms with Crippen LogP contribution in [0.5, 0.6) is 0 Å². The summed E-state index contributed by atoms with van der Waals surface area (Å²) in [5.41, 5.74) is 0. The van der Waals surface area contributed by atoms with Gasteiger partial charge in [-0.1, -0.05) is 6.92 Å². The summed E-state index contributed by atoms with van der Waals surface area (Å²) in [5.74, 6) is 0.628. The lowest BCUT2D eigenvalue weighted by atomic mass is 9.88. The molecule has 0 aromatic rings. The number of hydrogen-bond acceptors (Lipinski definition) is 3. The topological polar surface area (TPSA) is 35.6 Å². The van der Waals surface area contributed by atoms with E-state index in [0.29, 0.717) is 24.0 Å². The van der Waals surface area contributed by atoms with Crippen molar-refractivity contribution in [2.45, 2.75) is 57.2 Å². The highest BCUT2D eigenvalue weighted by Crippen LogP contribution is 2.34. The molecule has 3 aliphatic heterocycles. The van der Waals surface area contributed by atoms with Crippen LogP contribution in [0.1, 0.15) is 39.0 Å². The van der Waals surface area contributed by atoms with Crippen LogP contribution in [-0.2, 0) is 4.79 Å². The molecule has 4 unspecified atom stereocenters. The van der Waals surface area contributed by atoms with Gasteiger partial charge in [0.1, 0.15) is 0 Å². The number of fused-ring (bicyclic) bond motifs is 2. The summed E-state index contributed by atoms with van der Waals surface area (Å²) in [4.78, 5) is 17.1. The van der Waals surface area contributed by atoms with Gasteiger partial charge in [0.15, 0.2) is 0 Å². The average molecular weight is 265 g/mol. The maximum absolute atomic E-state index is 12.6. The first-order valence-corrected chi connectivity index (χ1v) is 7.94. The molecule has 2 bridgehead atoms. The molecule has 0 saturated carbocycles. The molecule has 0 aliphatic carbocycles. The van der Waals surface area contributed by atoms with Crippen molar-refractivity contribution in [2.24, 2.45) is 5.92 Å². The summed E-state index contributed by atoms with van der Waals surface area (Å²) in [6.45, 7) is 5.46. The molecule has 108 valence electrons. The Hall–Kier alpha value is -0.610. The van der Waals surface area contributed by atoms with E-state index < -0.39 is 0 Å². The van der Waals surface area contributed by atoms with Crippen LogP contribution in [-0.4, -0.2) is 60.5 Å². The van der Waals surface area contributed by atoms with E-state index in [-0.39, 0.29) is 5.92 Å². The van der Waals surface area contributed by atoms with E-state index in [0.717, 1.165) is 19.5 Å². The first kappa shape index (κ1) is 13.4. The number of likely N-dealkylation sites (N-methyl/N-ethyl adjacent to an activating group) is 2. The lowest BCUT2D eigenvalue weighted by Gasteiger charge is -2.31. The third kappa shape index (κ3) is 2.52. The van der Waals surface area contributed by atoms with Gasteiger partial charge in [0.05, 0.1) is 5.92 Å². The number of nitrogens with one attached hydrogen (secondary N) is 1. The van der Waals surface area contributed by atoms with Gasteiger partial charge in [-0.25, -0.2) is 0 Å². The molecule has 0 aromatic carbocycles. The number of rotatable bonds is 4. The van der Waals surface area contributed by atoms with E-state index in [1.54, 1.807) is 0 Å². The molecule has 1 N–H and O–H groups in total. The smallest absolute Gasteiger partial charge is 0.227 e. The van der Waals surface area contributed by atoms with Gasteiger partial charge in [0.25, 0.3) is 0 Å². The van der Waals surface area contributed by atoms with Gasteiger partial charge in [-0.05, 0) is 45.2 Å². The standard InChI is InChI=1S/C15H27N3O/c1-3-18-8-4-5-12(18)10-17(2)15(19)13-9-11-6-7-14(13)16-11/h11-14,16H,3-10H2,1-2H3. The lowest BCUT2D eigenvalue weighted by molar-refractivity contribution is -0.135. The van der Waals surface area contributed by atoms with Crippen LogP contribution in [0.25, 0.3) is 0 Å². The Bertz CT molecular complexity index is 346. The molecule has 3 rings (SSSR count). The van der Waals surface area contributed by atoms with Crippen molar-refractivity contribution in [2.75, 3.05) is 26.7 Å². The summed E-state index contributed by atoms with van der Waals surface area (Å²) >= 11 is 0. The van der Waals surface area contributed by atoms with Crippen molar-refractivity contribution >= 4 is 5.91 Å². The Balaban J connectivity index is 1.55. The van der Waals surface area contributed by atoms with Crippen LogP contribution in [0, 0.1) is 5.92 Å². The van der Waals surface area contributed by atoms with Crippen molar-refractivity contribution in [3.05, 3.63) is 0 Å². The minimum Gasteiger partial charge on any atom is -0.344 e. The zero-order valence-electron chi connectivity index (χ0n) is 12.3. The van der Waals surface area contributed by atoms with E-state index in [1.165, 1.54) is 32.2 Å². The Morgan fingerprint density at radius 3 is 2.84 bits per heavy atom. The first-order chi connectivity index (χ1) is 9.19. The van der Waals surface area contributed by atoms with Crippen molar-refractivity contribution in [3.63, 3.8) is 0 Å². The summed E-state index contributed by atoms with van der Waals surface area (Å²) in [5, 5.41) is 3.57. The predicted molar refractivity (Wildman–Crippen MR) is 76.0 cm³/mol. The monoisotopic (exact) mass is 265 g/mol. The van der Waals surface area contributed by atoms with Crippen molar-refractivity contribution in [3.8, 4) is 0 Å². The molecule has 1 amide bonds. The minimum absolute atomic E-state index is 0.250. The molecular weight excluding hydrogens is 238 g/mol. The van der Waals surface area contributed by atoms with Crippen LogP contribution in [0.4, 0.5) is 0 Å². The highest BCUT2D eigenvalue weighted by Gasteiger charge is 2.44. The maximum atomic E-state index is 12.6. The predicted octanol–water partition coefficient (Wildman–Crippen LogP) is 1.07. The molecule has 4 heteroatoms. The Kier molecular flexibility index (Phi) is 3.81. The highest BCUT2D eigenvalue weighted by atomic mass is 16.2. The zero-order chi connectivity index (χ0) is 13.4. The molecule has 3 heterocycles. The molecule has 0 radical (unpaired) electrons. The fraction of sp³-hybridized carbons (Fsp3) is 0.933. The minimum atomic E-state index is 0.250. The lowest BCUT2D eigenvalue weighted by Crippen LogP contribution is -2.45. The number of hydrogen-bond donors (Lipinski definition) is 1. The molecule has 4 atom stereocenters. The third-order valence-electron chi connectivity index (χ3n) is 5.38. The Labute approximate surface area is 116 Å². The fourth-order valence-electron chi connectivity index (χ4n) is 4.30. The van der Waals surface area contributed by atoms with Crippen molar-refractivity contribution in [1.29, 1.82) is 0 Å². The molecule has 0 spiro atoms. The quantitative estimate of drug-likeness (QED) is 0.826. The van der Waals surface area contributed by atoms with E-state index in [2.05, 4.69) is 17.1 Å². The van der Waals surface area contributed by atoms with Crippen LogP contribution in [0.2, 0.25) is 0 Å². The highest BCUT2D eigenvalue weighted by molar-refractivity contribution is 5.80. The first-order valence-electron chi connectivity index (χ1n) is 7.94. The van der Waals surface area contributed by atoms with Gasteiger partial charge in [0, 0.05) is 31.7 Å². The summed E-state index contributed by atoms with van der Waals surface area (Å²) in [6.07, 6.45) is 6.07. The molecule has 3 saturated heterocycles. The number of likely N-dealkylation sites (tertiary alicyclic amines) is 1. The molecule has 0 aromatic heterocycles. The summed E-state index contributed by atoms with van der Waals surface area (Å²) in [7, 11) is 2.00. The number of nitrogens with zero attached hydrogens (tertiary/aromatic N) is 2. The van der Waals surface area contributed by atoms with E-state index in [9.17, 15) is 4.79 Å².